The maximum atomic E-state index is 13.8. The molecule has 1 N–H and O–H groups in total. The molecule has 0 aromatic heterocycles. The number of hydrogen-bond donors (Lipinski definition) is 1. The first-order valence-electron chi connectivity index (χ1n) is 12.7. The van der Waals surface area contributed by atoms with Crippen molar-refractivity contribution in [3.05, 3.63) is 77.9 Å². The summed E-state index contributed by atoms with van der Waals surface area (Å²) in [4.78, 5) is 53.9. The molecule has 1 aliphatic heterocycles. The van der Waals surface area contributed by atoms with Crippen LogP contribution in [0.4, 0.5) is 0 Å². The van der Waals surface area contributed by atoms with Crippen molar-refractivity contribution >= 4 is 29.8 Å². The zero-order valence-electron chi connectivity index (χ0n) is 22.4. The summed E-state index contributed by atoms with van der Waals surface area (Å²) >= 11 is 0. The molecule has 0 saturated carbocycles. The van der Waals surface area contributed by atoms with Gasteiger partial charge in [-0.25, -0.2) is 9.59 Å². The molecule has 0 unspecified atom stereocenters. The van der Waals surface area contributed by atoms with Gasteiger partial charge in [-0.1, -0.05) is 72.8 Å². The molecule has 38 heavy (non-hydrogen) atoms. The van der Waals surface area contributed by atoms with Gasteiger partial charge in [0.15, 0.2) is 0 Å². The van der Waals surface area contributed by atoms with Crippen molar-refractivity contribution in [3.8, 4) is 0 Å². The van der Waals surface area contributed by atoms with Crippen molar-refractivity contribution in [2.75, 3.05) is 13.2 Å². The number of benzene rings is 2. The van der Waals surface area contributed by atoms with Gasteiger partial charge < -0.3 is 14.2 Å². The maximum Gasteiger partial charge on any atom is 0.375 e. The van der Waals surface area contributed by atoms with Gasteiger partial charge in [0.05, 0.1) is 19.1 Å². The van der Waals surface area contributed by atoms with E-state index in [1.807, 2.05) is 30.3 Å². The molecule has 4 atom stereocenters. The minimum atomic E-state index is -1.86. The molecular formula is C30H35NO7. The van der Waals surface area contributed by atoms with Crippen molar-refractivity contribution in [2.24, 2.45) is 5.92 Å². The normalized spacial score (nSPS) is 23.1. The topological polar surface area (TPSA) is 108 Å². The van der Waals surface area contributed by atoms with E-state index in [4.69, 9.17) is 14.2 Å². The van der Waals surface area contributed by atoms with Crippen LogP contribution in [-0.2, 0) is 33.4 Å². The van der Waals surface area contributed by atoms with Gasteiger partial charge in [0.1, 0.15) is 17.2 Å². The Balaban J connectivity index is 2.28. The molecule has 8 heteroatoms. The summed E-state index contributed by atoms with van der Waals surface area (Å²) in [6.07, 6.45) is 3.16. The molecule has 202 valence electrons. The van der Waals surface area contributed by atoms with Gasteiger partial charge in [0, 0.05) is 5.92 Å². The zero-order chi connectivity index (χ0) is 27.9. The lowest BCUT2D eigenvalue weighted by atomic mass is 9.72. The molecule has 1 fully saturated rings. The average molecular weight is 522 g/mol. The average Bonchev–Trinajstić information content (AvgIpc) is 3.24. The smallest absolute Gasteiger partial charge is 0.375 e. The highest BCUT2D eigenvalue weighted by molar-refractivity contribution is 6.36. The van der Waals surface area contributed by atoms with Crippen LogP contribution in [0.25, 0.3) is 6.08 Å². The summed E-state index contributed by atoms with van der Waals surface area (Å²) in [6.45, 7) is 8.41. The van der Waals surface area contributed by atoms with E-state index >= 15 is 0 Å². The number of ether oxygens (including phenoxy) is 3. The van der Waals surface area contributed by atoms with Gasteiger partial charge in [-0.05, 0) is 45.7 Å². The number of rotatable bonds is 9. The second kappa shape index (κ2) is 12.2. The molecule has 1 heterocycles. The van der Waals surface area contributed by atoms with Gasteiger partial charge in [0.25, 0.3) is 0 Å². The van der Waals surface area contributed by atoms with Crippen LogP contribution in [0.15, 0.2) is 66.7 Å². The van der Waals surface area contributed by atoms with Crippen molar-refractivity contribution in [3.63, 3.8) is 0 Å². The zero-order valence-corrected chi connectivity index (χ0v) is 22.4. The monoisotopic (exact) mass is 521 g/mol. The largest absolute Gasteiger partial charge is 0.464 e. The summed E-state index contributed by atoms with van der Waals surface area (Å²) in [5.41, 5.74) is -1.37. The van der Waals surface area contributed by atoms with Crippen LogP contribution in [-0.4, -0.2) is 54.1 Å². The molecule has 0 bridgehead atoms. The Kier molecular flexibility index (Phi) is 9.22. The Bertz CT molecular complexity index is 1170. The maximum absolute atomic E-state index is 13.8. The van der Waals surface area contributed by atoms with Crippen LogP contribution < -0.4 is 5.32 Å². The lowest BCUT2D eigenvalue weighted by molar-refractivity contribution is -0.159. The Morgan fingerprint density at radius 2 is 1.47 bits per heavy atom. The number of Topliss-reactive ketones (excluding diaryl/α,β-unsaturated/α-hetero) is 1. The Morgan fingerprint density at radius 3 is 2.03 bits per heavy atom. The Labute approximate surface area is 223 Å². The third-order valence-corrected chi connectivity index (χ3v) is 6.16. The van der Waals surface area contributed by atoms with Gasteiger partial charge in [-0.3, -0.25) is 14.9 Å². The summed E-state index contributed by atoms with van der Waals surface area (Å²) in [7, 11) is 0. The van der Waals surface area contributed by atoms with E-state index in [1.165, 1.54) is 6.08 Å². The Morgan fingerprint density at radius 1 is 0.895 bits per heavy atom. The van der Waals surface area contributed by atoms with Crippen LogP contribution in [0.1, 0.15) is 51.7 Å². The second-order valence-electron chi connectivity index (χ2n) is 9.99. The highest BCUT2D eigenvalue weighted by Gasteiger charge is 2.64. The van der Waals surface area contributed by atoms with Gasteiger partial charge in [-0.15, -0.1) is 0 Å². The van der Waals surface area contributed by atoms with E-state index in [9.17, 15) is 19.2 Å². The molecule has 1 aliphatic rings. The van der Waals surface area contributed by atoms with Crippen molar-refractivity contribution in [1.29, 1.82) is 0 Å². The first-order valence-corrected chi connectivity index (χ1v) is 12.7. The van der Waals surface area contributed by atoms with E-state index < -0.39 is 52.7 Å². The third kappa shape index (κ3) is 6.37. The number of carbonyl (C=O) groups excluding carboxylic acids is 4. The van der Waals surface area contributed by atoms with Crippen molar-refractivity contribution in [2.45, 2.75) is 57.7 Å². The van der Waals surface area contributed by atoms with Crippen LogP contribution in [0.2, 0.25) is 0 Å². The van der Waals surface area contributed by atoms with E-state index in [2.05, 4.69) is 5.32 Å². The van der Waals surface area contributed by atoms with Crippen LogP contribution in [0.3, 0.4) is 0 Å². The standard InChI is InChI=1S/C30H35NO7/c1-6-36-27(34)25(32)23-22(21-16-12-9-13-17-21)24(26(33)38-29(3,4)5)31-30(23,28(35)37-7-2)19-18-20-14-10-8-11-15-20/h8-19,22-24,31H,6-7H2,1-5H3/b19-18+/t22-,23+,24-,30+/m1/s1. The van der Waals surface area contributed by atoms with Gasteiger partial charge in [-0.2, -0.15) is 0 Å². The SMILES string of the molecule is CCOC(=O)C(=O)[C@@H]1[C@@H](c2ccccc2)[C@H](C(=O)OC(C)(C)C)N[C@]1(/C=C/c1ccccc1)C(=O)OCC. The van der Waals surface area contributed by atoms with E-state index in [0.29, 0.717) is 5.56 Å². The minimum Gasteiger partial charge on any atom is -0.464 e. The van der Waals surface area contributed by atoms with E-state index in [0.717, 1.165) is 5.56 Å². The van der Waals surface area contributed by atoms with Gasteiger partial charge in [0.2, 0.25) is 5.78 Å². The predicted molar refractivity (Wildman–Crippen MR) is 142 cm³/mol. The molecule has 2 aromatic carbocycles. The summed E-state index contributed by atoms with van der Waals surface area (Å²) in [5.74, 6) is -5.78. The second-order valence-corrected chi connectivity index (χ2v) is 9.99. The number of hydrogen-bond acceptors (Lipinski definition) is 8. The summed E-state index contributed by atoms with van der Waals surface area (Å²) in [6, 6.07) is 16.8. The molecule has 0 radical (unpaired) electrons. The molecular weight excluding hydrogens is 486 g/mol. The van der Waals surface area contributed by atoms with Crippen LogP contribution in [0, 0.1) is 5.92 Å². The number of esters is 3. The lowest BCUT2D eigenvalue weighted by Gasteiger charge is -2.30. The molecule has 0 amide bonds. The molecule has 3 rings (SSSR count). The van der Waals surface area contributed by atoms with Crippen molar-refractivity contribution < 1.29 is 33.4 Å². The van der Waals surface area contributed by atoms with Crippen LogP contribution in [0.5, 0.6) is 0 Å². The number of carbonyl (C=O) groups is 4. The molecule has 1 saturated heterocycles. The van der Waals surface area contributed by atoms with Crippen LogP contribution >= 0.6 is 0 Å². The fraction of sp³-hybridized carbons (Fsp3) is 0.400. The quantitative estimate of drug-likeness (QED) is 0.301. The summed E-state index contributed by atoms with van der Waals surface area (Å²) in [5, 5.41) is 3.09. The number of nitrogens with one attached hydrogen (secondary N) is 1. The Hall–Kier alpha value is -3.78. The fourth-order valence-corrected chi connectivity index (χ4v) is 4.69. The highest BCUT2D eigenvalue weighted by Crippen LogP contribution is 2.45. The predicted octanol–water partition coefficient (Wildman–Crippen LogP) is 3.85. The molecule has 0 aliphatic carbocycles. The lowest BCUT2D eigenvalue weighted by Crippen LogP contribution is -2.56. The molecule has 2 aromatic rings. The highest BCUT2D eigenvalue weighted by atomic mass is 16.6. The minimum absolute atomic E-state index is 0.0227. The first-order chi connectivity index (χ1) is 18.0. The molecule has 0 spiro atoms. The first kappa shape index (κ1) is 28.8. The third-order valence-electron chi connectivity index (χ3n) is 6.16. The molecule has 8 nitrogen and oxygen atoms in total. The fourth-order valence-electron chi connectivity index (χ4n) is 4.69. The number of ketones is 1. The van der Waals surface area contributed by atoms with E-state index in [-0.39, 0.29) is 13.2 Å². The summed E-state index contributed by atoms with van der Waals surface area (Å²) < 4.78 is 16.2. The van der Waals surface area contributed by atoms with Crippen molar-refractivity contribution in [1.82, 2.24) is 5.32 Å². The van der Waals surface area contributed by atoms with Gasteiger partial charge >= 0.3 is 17.9 Å². The van der Waals surface area contributed by atoms with E-state index in [1.54, 1.807) is 71.0 Å².